The van der Waals surface area contributed by atoms with Gasteiger partial charge in [0.2, 0.25) is 5.91 Å². The fourth-order valence-corrected chi connectivity index (χ4v) is 2.93. The number of ether oxygens (including phenoxy) is 2. The Morgan fingerprint density at radius 2 is 1.54 bits per heavy atom. The summed E-state index contributed by atoms with van der Waals surface area (Å²) in [5, 5.41) is 0. The second-order valence-corrected chi connectivity index (χ2v) is 6.66. The minimum Gasteiger partial charge on any atom is -0.496 e. The van der Waals surface area contributed by atoms with Crippen LogP contribution >= 0.6 is 11.8 Å². The van der Waals surface area contributed by atoms with E-state index in [1.54, 1.807) is 12.1 Å². The molecule has 0 aliphatic rings. The highest BCUT2D eigenvalue weighted by atomic mass is 32.2. The SMILES string of the molecule is COc1cc(C(=O)NNC(=O)CSc2ccc(C)cc2)cc(OC)c1C. The first-order chi connectivity index (χ1) is 12.4. The summed E-state index contributed by atoms with van der Waals surface area (Å²) in [7, 11) is 3.04. The van der Waals surface area contributed by atoms with Crippen molar-refractivity contribution in [3.05, 3.63) is 53.1 Å². The monoisotopic (exact) mass is 374 g/mol. The average Bonchev–Trinajstić information content (AvgIpc) is 2.65. The van der Waals surface area contributed by atoms with Crippen LogP contribution in [0.2, 0.25) is 0 Å². The Morgan fingerprint density at radius 1 is 0.962 bits per heavy atom. The minimum atomic E-state index is -0.449. The Morgan fingerprint density at radius 3 is 2.08 bits per heavy atom. The third kappa shape index (κ3) is 5.16. The smallest absolute Gasteiger partial charge is 0.269 e. The molecular weight excluding hydrogens is 352 g/mol. The van der Waals surface area contributed by atoms with Crippen LogP contribution in [0.15, 0.2) is 41.3 Å². The third-order valence-corrected chi connectivity index (χ3v) is 4.73. The van der Waals surface area contributed by atoms with E-state index in [0.29, 0.717) is 17.1 Å². The highest BCUT2D eigenvalue weighted by Gasteiger charge is 2.14. The van der Waals surface area contributed by atoms with E-state index < -0.39 is 5.91 Å². The summed E-state index contributed by atoms with van der Waals surface area (Å²) in [5.41, 5.74) is 7.10. The van der Waals surface area contributed by atoms with Crippen LogP contribution in [0, 0.1) is 13.8 Å². The van der Waals surface area contributed by atoms with E-state index in [1.807, 2.05) is 38.1 Å². The van der Waals surface area contributed by atoms with E-state index in [0.717, 1.165) is 16.0 Å². The molecule has 138 valence electrons. The summed E-state index contributed by atoms with van der Waals surface area (Å²) < 4.78 is 10.5. The molecule has 2 aromatic carbocycles. The van der Waals surface area contributed by atoms with Crippen LogP contribution in [-0.4, -0.2) is 31.8 Å². The third-order valence-electron chi connectivity index (χ3n) is 3.72. The van der Waals surface area contributed by atoms with Gasteiger partial charge in [-0.2, -0.15) is 0 Å². The van der Waals surface area contributed by atoms with Crippen LogP contribution in [0.3, 0.4) is 0 Å². The normalized spacial score (nSPS) is 10.2. The predicted molar refractivity (Wildman–Crippen MR) is 102 cm³/mol. The van der Waals surface area contributed by atoms with Gasteiger partial charge in [-0.15, -0.1) is 11.8 Å². The molecule has 2 N–H and O–H groups in total. The summed E-state index contributed by atoms with van der Waals surface area (Å²) in [6.45, 7) is 3.84. The Labute approximate surface area is 157 Å². The number of hydrogen-bond donors (Lipinski definition) is 2. The molecule has 0 unspecified atom stereocenters. The summed E-state index contributed by atoms with van der Waals surface area (Å²) in [6, 6.07) is 11.1. The van der Waals surface area contributed by atoms with Crippen LogP contribution < -0.4 is 20.3 Å². The number of methoxy groups -OCH3 is 2. The van der Waals surface area contributed by atoms with Crippen molar-refractivity contribution in [2.75, 3.05) is 20.0 Å². The van der Waals surface area contributed by atoms with Crippen LogP contribution in [0.25, 0.3) is 0 Å². The highest BCUT2D eigenvalue weighted by molar-refractivity contribution is 8.00. The zero-order valence-corrected chi connectivity index (χ0v) is 16.0. The zero-order valence-electron chi connectivity index (χ0n) is 15.2. The summed E-state index contributed by atoms with van der Waals surface area (Å²) >= 11 is 1.40. The fourth-order valence-electron chi connectivity index (χ4n) is 2.24. The van der Waals surface area contributed by atoms with Crippen molar-refractivity contribution in [3.8, 4) is 11.5 Å². The predicted octanol–water partition coefficient (Wildman–Crippen LogP) is 2.87. The van der Waals surface area contributed by atoms with Gasteiger partial charge in [0.1, 0.15) is 11.5 Å². The van der Waals surface area contributed by atoms with Crippen molar-refractivity contribution in [2.45, 2.75) is 18.7 Å². The number of rotatable bonds is 6. The van der Waals surface area contributed by atoms with E-state index >= 15 is 0 Å². The maximum Gasteiger partial charge on any atom is 0.269 e. The van der Waals surface area contributed by atoms with Crippen molar-refractivity contribution >= 4 is 23.6 Å². The van der Waals surface area contributed by atoms with Crippen molar-refractivity contribution < 1.29 is 19.1 Å². The Kier molecular flexibility index (Phi) is 6.91. The van der Waals surface area contributed by atoms with Crippen molar-refractivity contribution in [1.82, 2.24) is 10.9 Å². The quantitative estimate of drug-likeness (QED) is 0.601. The first-order valence-corrected chi connectivity index (χ1v) is 8.94. The molecule has 0 atom stereocenters. The van der Waals surface area contributed by atoms with Crippen molar-refractivity contribution in [3.63, 3.8) is 0 Å². The van der Waals surface area contributed by atoms with E-state index in [2.05, 4.69) is 10.9 Å². The van der Waals surface area contributed by atoms with E-state index in [9.17, 15) is 9.59 Å². The molecule has 0 aliphatic carbocycles. The lowest BCUT2D eigenvalue weighted by atomic mass is 10.1. The standard InChI is InChI=1S/C19H22N2O4S/c1-12-5-7-15(8-6-12)26-11-18(22)20-21-19(23)14-9-16(24-3)13(2)17(10-14)25-4/h5-10H,11H2,1-4H3,(H,20,22)(H,21,23). The number of carbonyl (C=O) groups excluding carboxylic acids is 2. The first-order valence-electron chi connectivity index (χ1n) is 7.96. The van der Waals surface area contributed by atoms with Gasteiger partial charge >= 0.3 is 0 Å². The Balaban J connectivity index is 1.91. The van der Waals surface area contributed by atoms with Gasteiger partial charge < -0.3 is 9.47 Å². The van der Waals surface area contributed by atoms with Gasteiger partial charge in [-0.1, -0.05) is 17.7 Å². The first kappa shape index (κ1) is 19.7. The second-order valence-electron chi connectivity index (χ2n) is 5.61. The molecule has 0 bridgehead atoms. The van der Waals surface area contributed by atoms with Gasteiger partial charge in [-0.3, -0.25) is 20.4 Å². The fraction of sp³-hybridized carbons (Fsp3) is 0.263. The molecular formula is C19H22N2O4S. The minimum absolute atomic E-state index is 0.198. The van der Waals surface area contributed by atoms with E-state index in [4.69, 9.17) is 9.47 Å². The molecule has 0 aliphatic heterocycles. The van der Waals surface area contributed by atoms with Gasteiger partial charge in [-0.25, -0.2) is 0 Å². The molecule has 7 heteroatoms. The molecule has 0 heterocycles. The molecule has 2 aromatic rings. The number of aryl methyl sites for hydroxylation is 1. The summed E-state index contributed by atoms with van der Waals surface area (Å²) in [4.78, 5) is 25.2. The summed E-state index contributed by atoms with van der Waals surface area (Å²) in [5.74, 6) is 0.529. The molecule has 0 saturated heterocycles. The number of benzene rings is 2. The maximum atomic E-state index is 12.3. The maximum absolute atomic E-state index is 12.3. The van der Waals surface area contributed by atoms with Crippen molar-refractivity contribution in [1.29, 1.82) is 0 Å². The zero-order chi connectivity index (χ0) is 19.1. The Bertz CT molecular complexity index is 766. The van der Waals surface area contributed by atoms with Gasteiger partial charge in [0, 0.05) is 16.0 Å². The number of carbonyl (C=O) groups is 2. The van der Waals surface area contributed by atoms with Crippen molar-refractivity contribution in [2.24, 2.45) is 0 Å². The number of nitrogens with one attached hydrogen (secondary N) is 2. The number of hydrogen-bond acceptors (Lipinski definition) is 5. The second kappa shape index (κ2) is 9.15. The van der Waals surface area contributed by atoms with Crippen LogP contribution in [0.1, 0.15) is 21.5 Å². The lowest BCUT2D eigenvalue weighted by Crippen LogP contribution is -2.42. The highest BCUT2D eigenvalue weighted by Crippen LogP contribution is 2.29. The molecule has 2 rings (SSSR count). The lowest BCUT2D eigenvalue weighted by molar-refractivity contribution is -0.119. The van der Waals surface area contributed by atoms with Crippen LogP contribution in [0.5, 0.6) is 11.5 Å². The molecule has 0 saturated carbocycles. The number of hydrazine groups is 1. The largest absolute Gasteiger partial charge is 0.496 e. The van der Waals surface area contributed by atoms with Gasteiger partial charge in [0.25, 0.3) is 5.91 Å². The topological polar surface area (TPSA) is 76.7 Å². The molecule has 0 fully saturated rings. The molecule has 0 aromatic heterocycles. The van der Waals surface area contributed by atoms with Crippen LogP contribution in [-0.2, 0) is 4.79 Å². The molecule has 0 radical (unpaired) electrons. The van der Waals surface area contributed by atoms with Gasteiger partial charge in [0.05, 0.1) is 20.0 Å². The molecule has 2 amide bonds. The molecule has 6 nitrogen and oxygen atoms in total. The number of thioether (sulfide) groups is 1. The van der Waals surface area contributed by atoms with Crippen LogP contribution in [0.4, 0.5) is 0 Å². The van der Waals surface area contributed by atoms with Gasteiger partial charge in [-0.05, 0) is 38.1 Å². The molecule has 0 spiro atoms. The van der Waals surface area contributed by atoms with E-state index in [-0.39, 0.29) is 11.7 Å². The Hall–Kier alpha value is -2.67. The summed E-state index contributed by atoms with van der Waals surface area (Å²) in [6.07, 6.45) is 0. The average molecular weight is 374 g/mol. The van der Waals surface area contributed by atoms with Gasteiger partial charge in [0.15, 0.2) is 0 Å². The van der Waals surface area contributed by atoms with E-state index in [1.165, 1.54) is 26.0 Å². The molecule has 26 heavy (non-hydrogen) atoms. The number of amides is 2. The lowest BCUT2D eigenvalue weighted by Gasteiger charge is -2.13.